The molecule has 112 valence electrons. The van der Waals surface area contributed by atoms with E-state index in [9.17, 15) is 8.42 Å². The molecule has 4 nitrogen and oxygen atoms in total. The van der Waals surface area contributed by atoms with Gasteiger partial charge in [-0.3, -0.25) is 0 Å². The molecule has 1 heterocycles. The van der Waals surface area contributed by atoms with Crippen LogP contribution < -0.4 is 5.32 Å². The van der Waals surface area contributed by atoms with E-state index in [4.69, 9.17) is 0 Å². The van der Waals surface area contributed by atoms with E-state index in [2.05, 4.69) is 17.3 Å². The topological polar surface area (TPSA) is 49.4 Å². The summed E-state index contributed by atoms with van der Waals surface area (Å²) in [7, 11) is -0.914. The summed E-state index contributed by atoms with van der Waals surface area (Å²) in [5.41, 5.74) is 1.13. The maximum Gasteiger partial charge on any atom is 0.175 e. The molecule has 1 aromatic carbocycles. The van der Waals surface area contributed by atoms with E-state index in [-0.39, 0.29) is 0 Å². The fourth-order valence-electron chi connectivity index (χ4n) is 2.54. The molecule has 0 spiro atoms. The van der Waals surface area contributed by atoms with Gasteiger partial charge < -0.3 is 10.2 Å². The van der Waals surface area contributed by atoms with Gasteiger partial charge in [-0.15, -0.1) is 0 Å². The van der Waals surface area contributed by atoms with Gasteiger partial charge in [0.2, 0.25) is 0 Å². The molecule has 1 saturated heterocycles. The van der Waals surface area contributed by atoms with Crippen molar-refractivity contribution in [3.63, 3.8) is 0 Å². The van der Waals surface area contributed by atoms with Crippen molar-refractivity contribution in [3.05, 3.63) is 29.8 Å². The van der Waals surface area contributed by atoms with Gasteiger partial charge in [0.05, 0.1) is 4.90 Å². The summed E-state index contributed by atoms with van der Waals surface area (Å²) in [6.07, 6.45) is 3.76. The number of sulfone groups is 1. The SMILES string of the molecule is CN1CCC(CNCc2ccc(S(C)(=O)=O)cc2)CC1. The molecule has 1 aliphatic heterocycles. The Morgan fingerprint density at radius 3 is 2.35 bits per heavy atom. The first-order valence-corrected chi connectivity index (χ1v) is 9.02. The average molecular weight is 296 g/mol. The molecular formula is C15H24N2O2S. The van der Waals surface area contributed by atoms with E-state index in [1.54, 1.807) is 12.1 Å². The molecule has 0 aliphatic carbocycles. The molecule has 1 aromatic rings. The van der Waals surface area contributed by atoms with Crippen LogP contribution in [0.3, 0.4) is 0 Å². The number of likely N-dealkylation sites (tertiary alicyclic amines) is 1. The first-order valence-electron chi connectivity index (χ1n) is 7.13. The largest absolute Gasteiger partial charge is 0.312 e. The zero-order valence-corrected chi connectivity index (χ0v) is 13.1. The van der Waals surface area contributed by atoms with Gasteiger partial charge in [-0.1, -0.05) is 12.1 Å². The van der Waals surface area contributed by atoms with Crippen LogP contribution in [0, 0.1) is 5.92 Å². The summed E-state index contributed by atoms with van der Waals surface area (Å²) in [5.74, 6) is 0.765. The van der Waals surface area contributed by atoms with Crippen LogP contribution in [0.5, 0.6) is 0 Å². The van der Waals surface area contributed by atoms with Crippen molar-refractivity contribution in [3.8, 4) is 0 Å². The minimum Gasteiger partial charge on any atom is -0.312 e. The molecule has 1 fully saturated rings. The van der Waals surface area contributed by atoms with Crippen molar-refractivity contribution >= 4 is 9.84 Å². The molecule has 20 heavy (non-hydrogen) atoms. The Bertz CT molecular complexity index is 517. The zero-order valence-electron chi connectivity index (χ0n) is 12.3. The maximum absolute atomic E-state index is 11.4. The van der Waals surface area contributed by atoms with Crippen molar-refractivity contribution in [1.29, 1.82) is 0 Å². The van der Waals surface area contributed by atoms with Crippen molar-refractivity contribution in [2.75, 3.05) is 32.9 Å². The number of hydrogen-bond donors (Lipinski definition) is 1. The third-order valence-corrected chi connectivity index (χ3v) is 5.08. The fourth-order valence-corrected chi connectivity index (χ4v) is 3.17. The Labute approximate surface area is 122 Å². The second kappa shape index (κ2) is 6.70. The monoisotopic (exact) mass is 296 g/mol. The summed E-state index contributed by atoms with van der Waals surface area (Å²) in [6, 6.07) is 7.14. The van der Waals surface area contributed by atoms with E-state index >= 15 is 0 Å². The second-order valence-electron chi connectivity index (χ2n) is 5.79. The number of piperidine rings is 1. The number of nitrogens with one attached hydrogen (secondary N) is 1. The van der Waals surface area contributed by atoms with Crippen LogP contribution >= 0.6 is 0 Å². The Hall–Kier alpha value is -0.910. The van der Waals surface area contributed by atoms with Crippen LogP contribution in [0.25, 0.3) is 0 Å². The second-order valence-corrected chi connectivity index (χ2v) is 7.81. The lowest BCUT2D eigenvalue weighted by Crippen LogP contribution is -2.34. The third-order valence-electron chi connectivity index (χ3n) is 3.95. The molecule has 0 saturated carbocycles. The minimum atomic E-state index is -3.09. The highest BCUT2D eigenvalue weighted by molar-refractivity contribution is 7.90. The Balaban J connectivity index is 1.77. The van der Waals surface area contributed by atoms with Crippen LogP contribution in [-0.4, -0.2) is 46.3 Å². The average Bonchev–Trinajstić information content (AvgIpc) is 2.41. The van der Waals surface area contributed by atoms with Crippen LogP contribution in [0.15, 0.2) is 29.2 Å². The fraction of sp³-hybridized carbons (Fsp3) is 0.600. The molecule has 1 aliphatic rings. The lowest BCUT2D eigenvalue weighted by atomic mass is 9.97. The summed E-state index contributed by atoms with van der Waals surface area (Å²) >= 11 is 0. The zero-order chi connectivity index (χ0) is 14.6. The van der Waals surface area contributed by atoms with Crippen LogP contribution in [0.2, 0.25) is 0 Å². The van der Waals surface area contributed by atoms with Crippen molar-refractivity contribution < 1.29 is 8.42 Å². The van der Waals surface area contributed by atoms with Crippen LogP contribution in [0.4, 0.5) is 0 Å². The molecular weight excluding hydrogens is 272 g/mol. The van der Waals surface area contributed by atoms with E-state index in [1.165, 1.54) is 32.2 Å². The molecule has 1 N–H and O–H groups in total. The first kappa shape index (κ1) is 15.5. The summed E-state index contributed by atoms with van der Waals surface area (Å²) in [5, 5.41) is 3.48. The number of rotatable bonds is 5. The van der Waals surface area contributed by atoms with Gasteiger partial charge in [0.25, 0.3) is 0 Å². The molecule has 0 atom stereocenters. The molecule has 2 rings (SSSR count). The lowest BCUT2D eigenvalue weighted by Gasteiger charge is -2.29. The number of hydrogen-bond acceptors (Lipinski definition) is 4. The van der Waals surface area contributed by atoms with Gasteiger partial charge >= 0.3 is 0 Å². The highest BCUT2D eigenvalue weighted by Gasteiger charge is 2.15. The van der Waals surface area contributed by atoms with Crippen LogP contribution in [0.1, 0.15) is 18.4 Å². The maximum atomic E-state index is 11.4. The van der Waals surface area contributed by atoms with E-state index in [0.717, 1.165) is 24.6 Å². The molecule has 0 aromatic heterocycles. The quantitative estimate of drug-likeness (QED) is 0.895. The van der Waals surface area contributed by atoms with E-state index in [1.807, 2.05) is 12.1 Å². The summed E-state index contributed by atoms with van der Waals surface area (Å²) in [4.78, 5) is 2.76. The predicted molar refractivity (Wildman–Crippen MR) is 81.5 cm³/mol. The molecule has 5 heteroatoms. The normalized spacial score (nSPS) is 18.3. The number of benzene rings is 1. The van der Waals surface area contributed by atoms with Gasteiger partial charge in [0.15, 0.2) is 9.84 Å². The molecule has 0 unspecified atom stereocenters. The van der Waals surface area contributed by atoms with Gasteiger partial charge in [-0.25, -0.2) is 8.42 Å². The predicted octanol–water partition coefficient (Wildman–Crippen LogP) is 1.52. The van der Waals surface area contributed by atoms with E-state index < -0.39 is 9.84 Å². The Morgan fingerprint density at radius 1 is 1.20 bits per heavy atom. The number of nitrogens with zero attached hydrogens (tertiary/aromatic N) is 1. The van der Waals surface area contributed by atoms with Crippen molar-refractivity contribution in [2.45, 2.75) is 24.3 Å². The Morgan fingerprint density at radius 2 is 1.80 bits per heavy atom. The highest BCUT2D eigenvalue weighted by Crippen LogP contribution is 2.15. The van der Waals surface area contributed by atoms with Gasteiger partial charge in [-0.05, 0) is 63.1 Å². The van der Waals surface area contributed by atoms with E-state index in [0.29, 0.717) is 4.90 Å². The highest BCUT2D eigenvalue weighted by atomic mass is 32.2. The first-order chi connectivity index (χ1) is 9.45. The molecule has 0 amide bonds. The standard InChI is InChI=1S/C15H24N2O2S/c1-17-9-7-14(8-10-17)12-16-11-13-3-5-15(6-4-13)20(2,18)19/h3-6,14,16H,7-12H2,1-2H3. The minimum absolute atomic E-state index is 0.386. The van der Waals surface area contributed by atoms with Crippen molar-refractivity contribution in [2.24, 2.45) is 5.92 Å². The third kappa shape index (κ3) is 4.58. The summed E-state index contributed by atoms with van der Waals surface area (Å²) in [6.45, 7) is 4.23. The smallest absolute Gasteiger partial charge is 0.175 e. The molecule has 0 bridgehead atoms. The Kier molecular flexibility index (Phi) is 5.18. The van der Waals surface area contributed by atoms with Gasteiger partial charge in [0, 0.05) is 12.8 Å². The lowest BCUT2D eigenvalue weighted by molar-refractivity contribution is 0.216. The molecule has 0 radical (unpaired) electrons. The summed E-state index contributed by atoms with van der Waals surface area (Å²) < 4.78 is 22.7. The van der Waals surface area contributed by atoms with Crippen molar-refractivity contribution in [1.82, 2.24) is 10.2 Å². The van der Waals surface area contributed by atoms with Gasteiger partial charge in [0.1, 0.15) is 0 Å². The van der Waals surface area contributed by atoms with Crippen LogP contribution in [-0.2, 0) is 16.4 Å². The van der Waals surface area contributed by atoms with Gasteiger partial charge in [-0.2, -0.15) is 0 Å².